The maximum absolute atomic E-state index is 3.88. The molecule has 0 spiro atoms. The molecule has 0 N–H and O–H groups in total. The smallest absolute Gasteiger partial charge is 0.00294 e. The van der Waals surface area contributed by atoms with Crippen molar-refractivity contribution in [1.29, 1.82) is 0 Å². The summed E-state index contributed by atoms with van der Waals surface area (Å²) in [5, 5.41) is 0. The van der Waals surface area contributed by atoms with Gasteiger partial charge >= 0.3 is 0 Å². The van der Waals surface area contributed by atoms with Crippen LogP contribution >= 0.6 is 0 Å². The first-order valence-corrected chi connectivity index (χ1v) is 4.20. The molecule has 0 heterocycles. The van der Waals surface area contributed by atoms with Crippen LogP contribution < -0.4 is 0 Å². The molecule has 0 bridgehead atoms. The van der Waals surface area contributed by atoms with Crippen LogP contribution in [0, 0.1) is 0 Å². The van der Waals surface area contributed by atoms with Crippen LogP contribution in [0.25, 0.3) is 0 Å². The zero-order chi connectivity index (χ0) is 8.27. The van der Waals surface area contributed by atoms with Gasteiger partial charge in [-0.25, -0.2) is 0 Å². The van der Waals surface area contributed by atoms with Gasteiger partial charge in [-0.3, -0.25) is 0 Å². The number of hydrogen-bond acceptors (Lipinski definition) is 0. The lowest BCUT2D eigenvalue weighted by atomic mass is 10.2. The van der Waals surface area contributed by atoms with E-state index in [0.29, 0.717) is 0 Å². The zero-order valence-corrected chi connectivity index (χ0v) is 7.48. The van der Waals surface area contributed by atoms with Gasteiger partial charge in [0.25, 0.3) is 0 Å². The summed E-state index contributed by atoms with van der Waals surface area (Å²) in [7, 11) is 0. The molecule has 1 fully saturated rings. The third kappa shape index (κ3) is 3.22. The summed E-state index contributed by atoms with van der Waals surface area (Å²) in [6.07, 6.45) is 8.11. The Hall–Kier alpha value is -0.780. The van der Waals surface area contributed by atoms with Gasteiger partial charge < -0.3 is 0 Å². The lowest BCUT2D eigenvalue weighted by molar-refractivity contribution is 1.03. The van der Waals surface area contributed by atoms with Crippen molar-refractivity contribution >= 4 is 0 Å². The second kappa shape index (κ2) is 3.56. The highest BCUT2D eigenvalue weighted by Gasteiger charge is 2.15. The van der Waals surface area contributed by atoms with Gasteiger partial charge in [0, 0.05) is 0 Å². The number of hydrogen-bond donors (Lipinski definition) is 0. The number of allylic oxidation sites excluding steroid dienone is 5. The van der Waals surface area contributed by atoms with Gasteiger partial charge in [0.15, 0.2) is 0 Å². The molecule has 11 heavy (non-hydrogen) atoms. The van der Waals surface area contributed by atoms with Crippen molar-refractivity contribution in [2.75, 3.05) is 0 Å². The summed E-state index contributed by atoms with van der Waals surface area (Å²) in [5.41, 5.74) is 4.23. The minimum atomic E-state index is 1.16. The Morgan fingerprint density at radius 3 is 2.55 bits per heavy atom. The van der Waals surface area contributed by atoms with Crippen molar-refractivity contribution in [3.63, 3.8) is 0 Å². The van der Waals surface area contributed by atoms with E-state index < -0.39 is 0 Å². The highest BCUT2D eigenvalue weighted by molar-refractivity contribution is 5.48. The molecule has 0 atom stereocenters. The number of rotatable bonds is 3. The van der Waals surface area contributed by atoms with Crippen molar-refractivity contribution in [2.24, 2.45) is 0 Å². The van der Waals surface area contributed by atoms with E-state index in [1.807, 2.05) is 0 Å². The van der Waals surface area contributed by atoms with Crippen LogP contribution in [0.1, 0.15) is 33.1 Å². The molecule has 1 saturated carbocycles. The number of unbranched alkanes of at least 4 members (excludes halogenated alkanes) is 1. The van der Waals surface area contributed by atoms with Crippen molar-refractivity contribution in [1.82, 2.24) is 0 Å². The molecule has 0 radical (unpaired) electrons. The Labute approximate surface area is 69.3 Å². The quantitative estimate of drug-likeness (QED) is 0.423. The van der Waals surface area contributed by atoms with Gasteiger partial charge in [-0.2, -0.15) is 0 Å². The topological polar surface area (TPSA) is 0 Å². The predicted molar refractivity (Wildman–Crippen MR) is 50.5 cm³/mol. The second-order valence-corrected chi connectivity index (χ2v) is 3.37. The lowest BCUT2D eigenvalue weighted by Gasteiger charge is -1.87. The minimum absolute atomic E-state index is 1.16. The van der Waals surface area contributed by atoms with E-state index in [0.717, 1.165) is 6.42 Å². The van der Waals surface area contributed by atoms with E-state index in [4.69, 9.17) is 0 Å². The van der Waals surface area contributed by atoms with Crippen LogP contribution in [0.4, 0.5) is 0 Å². The molecule has 0 heteroatoms. The SMILES string of the molecule is C=C1CC1=CCCC=C(C)C. The van der Waals surface area contributed by atoms with E-state index in [1.54, 1.807) is 0 Å². The minimum Gasteiger partial charge on any atom is -0.0952 e. The van der Waals surface area contributed by atoms with Crippen LogP contribution in [-0.4, -0.2) is 0 Å². The van der Waals surface area contributed by atoms with E-state index >= 15 is 0 Å². The molecule has 60 valence electrons. The largest absolute Gasteiger partial charge is 0.0952 e. The van der Waals surface area contributed by atoms with Crippen molar-refractivity contribution in [3.05, 3.63) is 35.5 Å². The molecule has 1 aliphatic carbocycles. The van der Waals surface area contributed by atoms with Crippen LogP contribution in [0.15, 0.2) is 35.5 Å². The van der Waals surface area contributed by atoms with Crippen LogP contribution in [-0.2, 0) is 0 Å². The fourth-order valence-corrected chi connectivity index (χ4v) is 1.03. The normalized spacial score (nSPS) is 18.7. The summed E-state index contributed by atoms with van der Waals surface area (Å²) in [6.45, 7) is 8.16. The molecule has 0 saturated heterocycles. The summed E-state index contributed by atoms with van der Waals surface area (Å²) in [4.78, 5) is 0. The monoisotopic (exact) mass is 148 g/mol. The predicted octanol–water partition coefficient (Wildman–Crippen LogP) is 3.62. The molecule has 0 unspecified atom stereocenters. The molecule has 0 aromatic rings. The third-order valence-corrected chi connectivity index (χ3v) is 1.84. The summed E-state index contributed by atoms with van der Waals surface area (Å²) in [6, 6.07) is 0. The van der Waals surface area contributed by atoms with Crippen molar-refractivity contribution in [2.45, 2.75) is 33.1 Å². The first-order chi connectivity index (χ1) is 5.20. The van der Waals surface area contributed by atoms with E-state index in [-0.39, 0.29) is 0 Å². The third-order valence-electron chi connectivity index (χ3n) is 1.84. The van der Waals surface area contributed by atoms with E-state index in [2.05, 4.69) is 32.6 Å². The van der Waals surface area contributed by atoms with Gasteiger partial charge in [-0.05, 0) is 44.3 Å². The highest BCUT2D eigenvalue weighted by atomic mass is 14.2. The first kappa shape index (κ1) is 8.32. The Morgan fingerprint density at radius 1 is 1.45 bits per heavy atom. The Bertz CT molecular complexity index is 212. The van der Waals surface area contributed by atoms with E-state index in [1.165, 1.54) is 29.6 Å². The fourth-order valence-electron chi connectivity index (χ4n) is 1.03. The molecule has 1 aliphatic rings. The van der Waals surface area contributed by atoms with Crippen LogP contribution in [0.5, 0.6) is 0 Å². The highest BCUT2D eigenvalue weighted by Crippen LogP contribution is 2.34. The lowest BCUT2D eigenvalue weighted by Crippen LogP contribution is -1.67. The maximum Gasteiger partial charge on any atom is -0.00294 e. The zero-order valence-electron chi connectivity index (χ0n) is 7.48. The second-order valence-electron chi connectivity index (χ2n) is 3.37. The molecule has 0 aliphatic heterocycles. The van der Waals surface area contributed by atoms with Gasteiger partial charge in [0.1, 0.15) is 0 Å². The summed E-state index contributed by atoms with van der Waals surface area (Å²) < 4.78 is 0. The molecular formula is C11H16. The van der Waals surface area contributed by atoms with Gasteiger partial charge in [0.05, 0.1) is 0 Å². The Morgan fingerprint density at radius 2 is 2.09 bits per heavy atom. The van der Waals surface area contributed by atoms with Crippen LogP contribution in [0.3, 0.4) is 0 Å². The molecule has 1 rings (SSSR count). The molecule has 0 amide bonds. The summed E-state index contributed by atoms with van der Waals surface area (Å²) in [5.74, 6) is 0. The average molecular weight is 148 g/mol. The Balaban J connectivity index is 2.15. The van der Waals surface area contributed by atoms with E-state index in [9.17, 15) is 0 Å². The van der Waals surface area contributed by atoms with Crippen molar-refractivity contribution in [3.8, 4) is 0 Å². The van der Waals surface area contributed by atoms with Gasteiger partial charge in [-0.1, -0.05) is 24.3 Å². The fraction of sp³-hybridized carbons (Fsp3) is 0.455. The van der Waals surface area contributed by atoms with Crippen molar-refractivity contribution < 1.29 is 0 Å². The first-order valence-electron chi connectivity index (χ1n) is 4.20. The molecular weight excluding hydrogens is 132 g/mol. The maximum atomic E-state index is 3.88. The van der Waals surface area contributed by atoms with Crippen LogP contribution in [0.2, 0.25) is 0 Å². The Kier molecular flexibility index (Phi) is 2.70. The van der Waals surface area contributed by atoms with Gasteiger partial charge in [0.2, 0.25) is 0 Å². The molecule has 0 aromatic carbocycles. The molecule has 0 aromatic heterocycles. The molecule has 0 nitrogen and oxygen atoms in total. The average Bonchev–Trinajstić information content (AvgIpc) is 2.59. The van der Waals surface area contributed by atoms with Gasteiger partial charge in [-0.15, -0.1) is 0 Å². The summed E-state index contributed by atoms with van der Waals surface area (Å²) >= 11 is 0. The standard InChI is InChI=1S/C11H16/c1-9(2)6-4-5-7-11-8-10(11)3/h6-7H,3-5,8H2,1-2H3.